The maximum Gasteiger partial charge on any atom is 0.384 e. The van der Waals surface area contributed by atoms with Gasteiger partial charge in [0.2, 0.25) is 0 Å². The van der Waals surface area contributed by atoms with E-state index >= 15 is 0 Å². The van der Waals surface area contributed by atoms with Gasteiger partial charge < -0.3 is 8.37 Å². The molecule has 0 saturated carbocycles. The highest BCUT2D eigenvalue weighted by atomic mass is 32.2. The summed E-state index contributed by atoms with van der Waals surface area (Å²) in [6.07, 6.45) is 0. The second kappa shape index (κ2) is 8.44. The summed E-state index contributed by atoms with van der Waals surface area (Å²) < 4.78 is 59.4. The highest BCUT2D eigenvalue weighted by Gasteiger charge is 2.27. The van der Waals surface area contributed by atoms with Crippen molar-refractivity contribution >= 4 is 39.1 Å². The van der Waals surface area contributed by atoms with Gasteiger partial charge in [0.15, 0.2) is 0 Å². The minimum absolute atomic E-state index is 0.241. The Bertz CT molecular complexity index is 963. The molecule has 0 fully saturated rings. The van der Waals surface area contributed by atoms with E-state index in [2.05, 4.69) is 13.1 Å². The molecule has 0 N–H and O–H groups in total. The van der Waals surface area contributed by atoms with Gasteiger partial charge in [0.1, 0.15) is 19.6 Å². The second-order valence-corrected chi connectivity index (χ2v) is 15.2. The average molecular weight is 459 g/mol. The normalized spacial score (nSPS) is 13.0. The first-order valence-electron chi connectivity index (χ1n) is 8.70. The van der Waals surface area contributed by atoms with E-state index in [1.54, 1.807) is 24.3 Å². The highest BCUT2D eigenvalue weighted by Crippen LogP contribution is 2.17. The van der Waals surface area contributed by atoms with Crippen LogP contribution in [0.2, 0.25) is 13.1 Å². The minimum atomic E-state index is -3.80. The molecule has 0 amide bonds. The van der Waals surface area contributed by atoms with Crippen LogP contribution in [0.15, 0.2) is 48.5 Å². The van der Waals surface area contributed by atoms with Crippen LogP contribution in [0.1, 0.15) is 0 Å². The van der Waals surface area contributed by atoms with Crippen molar-refractivity contribution in [2.75, 3.05) is 28.2 Å². The van der Waals surface area contributed by atoms with Gasteiger partial charge in [-0.05, 0) is 24.3 Å². The molecule has 11 heteroatoms. The molecule has 0 bridgehead atoms. The molecule has 0 radical (unpaired) electrons. The van der Waals surface area contributed by atoms with Crippen LogP contribution in [0.3, 0.4) is 0 Å². The number of nitrogens with zero attached hydrogens (tertiary/aromatic N) is 2. The molecule has 0 unspecified atom stereocenters. The van der Waals surface area contributed by atoms with Crippen molar-refractivity contribution in [1.82, 2.24) is 8.61 Å². The fourth-order valence-corrected chi connectivity index (χ4v) is 5.75. The molecule has 0 saturated heterocycles. The molecule has 160 valence electrons. The van der Waals surface area contributed by atoms with Gasteiger partial charge in [-0.1, -0.05) is 47.7 Å². The lowest BCUT2D eigenvalue weighted by molar-refractivity contribution is 0.420. The molecule has 0 aliphatic heterocycles. The summed E-state index contributed by atoms with van der Waals surface area (Å²) >= 11 is 0. The topological polar surface area (TPSA) is 93.2 Å². The largest absolute Gasteiger partial charge is 0.384 e. The molecule has 0 aliphatic rings. The zero-order valence-corrected chi connectivity index (χ0v) is 19.9. The standard InChI is InChI=1S/C18H26N2O6S2Si/c1-19(2)27(21,22)25-15-7-11-17(12-8-15)29(5,6)18-13-9-16(10-14-18)26-28(23,24)20(3)4/h7-14H,1-6H3. The smallest absolute Gasteiger partial charge is 0.371 e. The van der Waals surface area contributed by atoms with Crippen LogP contribution < -0.4 is 18.7 Å². The van der Waals surface area contributed by atoms with Crippen LogP contribution in [0.25, 0.3) is 0 Å². The number of hydrogen-bond acceptors (Lipinski definition) is 6. The molecule has 2 rings (SSSR count). The molecule has 0 aliphatic carbocycles. The molecule has 0 atom stereocenters. The molecule has 0 aromatic heterocycles. The summed E-state index contributed by atoms with van der Waals surface area (Å²) in [5.41, 5.74) is 0. The van der Waals surface area contributed by atoms with E-state index in [0.29, 0.717) is 0 Å². The highest BCUT2D eigenvalue weighted by molar-refractivity contribution is 7.84. The van der Waals surface area contributed by atoms with Gasteiger partial charge in [-0.3, -0.25) is 0 Å². The van der Waals surface area contributed by atoms with Crippen molar-refractivity contribution in [2.24, 2.45) is 0 Å². The third-order valence-electron chi connectivity index (χ3n) is 4.45. The van der Waals surface area contributed by atoms with E-state index in [4.69, 9.17) is 8.37 Å². The molecule has 8 nitrogen and oxygen atoms in total. The van der Waals surface area contributed by atoms with E-state index in [1.807, 2.05) is 24.3 Å². The van der Waals surface area contributed by atoms with Crippen molar-refractivity contribution in [3.63, 3.8) is 0 Å². The average Bonchev–Trinajstić information content (AvgIpc) is 2.61. The van der Waals surface area contributed by atoms with Gasteiger partial charge in [-0.15, -0.1) is 0 Å². The Hall–Kier alpha value is -1.92. The van der Waals surface area contributed by atoms with Gasteiger partial charge in [0.25, 0.3) is 0 Å². The maximum absolute atomic E-state index is 11.8. The summed E-state index contributed by atoms with van der Waals surface area (Å²) in [6.45, 7) is 4.29. The third-order valence-corrected chi connectivity index (χ3v) is 10.6. The Balaban J connectivity index is 2.22. The Morgan fingerprint density at radius 2 is 0.897 bits per heavy atom. The first-order valence-corrected chi connectivity index (χ1v) is 14.4. The SMILES string of the molecule is CN(C)S(=O)(=O)Oc1ccc([Si](C)(C)c2ccc(OS(=O)(=O)N(C)C)cc2)cc1. The summed E-state index contributed by atoms with van der Waals surface area (Å²) in [6, 6.07) is 13.9. The van der Waals surface area contributed by atoms with Crippen molar-refractivity contribution in [3.8, 4) is 11.5 Å². The van der Waals surface area contributed by atoms with Gasteiger partial charge in [-0.2, -0.15) is 25.4 Å². The fourth-order valence-electron chi connectivity index (χ4n) is 2.41. The molecular formula is C18H26N2O6S2Si. The first-order chi connectivity index (χ1) is 13.3. The van der Waals surface area contributed by atoms with E-state index in [1.165, 1.54) is 28.2 Å². The first kappa shape index (κ1) is 23.4. The van der Waals surface area contributed by atoms with Crippen molar-refractivity contribution in [3.05, 3.63) is 48.5 Å². The van der Waals surface area contributed by atoms with E-state index < -0.39 is 28.7 Å². The van der Waals surface area contributed by atoms with Gasteiger partial charge >= 0.3 is 20.6 Å². The van der Waals surface area contributed by atoms with Crippen molar-refractivity contribution < 1.29 is 25.2 Å². The van der Waals surface area contributed by atoms with Crippen LogP contribution in [0.4, 0.5) is 0 Å². The lowest BCUT2D eigenvalue weighted by atomic mass is 10.3. The Labute approximate surface area is 174 Å². The molecule has 2 aromatic carbocycles. The summed E-state index contributed by atoms with van der Waals surface area (Å²) in [5, 5.41) is 2.14. The van der Waals surface area contributed by atoms with Crippen LogP contribution in [0, 0.1) is 0 Å². The van der Waals surface area contributed by atoms with Gasteiger partial charge in [0, 0.05) is 28.2 Å². The Morgan fingerprint density at radius 3 is 1.14 bits per heavy atom. The summed E-state index contributed by atoms with van der Waals surface area (Å²) in [5.74, 6) is 0.481. The predicted octanol–water partition coefficient (Wildman–Crippen LogP) is 0.880. The Kier molecular flexibility index (Phi) is 6.80. The zero-order valence-electron chi connectivity index (χ0n) is 17.3. The lowest BCUT2D eigenvalue weighted by Gasteiger charge is -2.24. The number of rotatable bonds is 8. The maximum atomic E-state index is 11.8. The molecule has 0 heterocycles. The van der Waals surface area contributed by atoms with Crippen molar-refractivity contribution in [2.45, 2.75) is 13.1 Å². The molecule has 29 heavy (non-hydrogen) atoms. The van der Waals surface area contributed by atoms with Crippen molar-refractivity contribution in [1.29, 1.82) is 0 Å². The number of benzene rings is 2. The van der Waals surface area contributed by atoms with Gasteiger partial charge in [0.05, 0.1) is 0 Å². The third kappa shape index (κ3) is 5.57. The fraction of sp³-hybridized carbons (Fsp3) is 0.333. The Morgan fingerprint density at radius 1 is 0.621 bits per heavy atom. The molecular weight excluding hydrogens is 432 g/mol. The van der Waals surface area contributed by atoms with Gasteiger partial charge in [-0.25, -0.2) is 0 Å². The van der Waals surface area contributed by atoms with E-state index in [0.717, 1.165) is 19.0 Å². The van der Waals surface area contributed by atoms with Crippen LogP contribution >= 0.6 is 0 Å². The van der Waals surface area contributed by atoms with Crippen LogP contribution in [0.5, 0.6) is 11.5 Å². The molecule has 2 aromatic rings. The quantitative estimate of drug-likeness (QED) is 0.545. The van der Waals surface area contributed by atoms with E-state index in [9.17, 15) is 16.8 Å². The zero-order chi connectivity index (χ0) is 22.0. The molecule has 0 spiro atoms. The predicted molar refractivity (Wildman–Crippen MR) is 116 cm³/mol. The van der Waals surface area contributed by atoms with Crippen LogP contribution in [-0.2, 0) is 20.6 Å². The van der Waals surface area contributed by atoms with Crippen LogP contribution in [-0.4, -0.2) is 61.7 Å². The number of hydrogen-bond donors (Lipinski definition) is 0. The monoisotopic (exact) mass is 458 g/mol. The van der Waals surface area contributed by atoms with E-state index in [-0.39, 0.29) is 11.5 Å². The minimum Gasteiger partial charge on any atom is -0.371 e. The second-order valence-electron chi connectivity index (χ2n) is 7.32. The summed E-state index contributed by atoms with van der Waals surface area (Å²) in [4.78, 5) is 0. The summed E-state index contributed by atoms with van der Waals surface area (Å²) in [7, 11) is -4.09. The lowest BCUT2D eigenvalue weighted by Crippen LogP contribution is -2.52.